The molecule has 5 nitrogen and oxygen atoms in total. The lowest BCUT2D eigenvalue weighted by Crippen LogP contribution is -2.39. The zero-order valence-electron chi connectivity index (χ0n) is 11.2. The monoisotopic (exact) mass is 340 g/mol. The molecule has 0 aliphatic heterocycles. The molecule has 1 aliphatic carbocycles. The van der Waals surface area contributed by atoms with Crippen LogP contribution in [-0.2, 0) is 16.0 Å². The van der Waals surface area contributed by atoms with E-state index in [1.165, 1.54) is 4.90 Å². The van der Waals surface area contributed by atoms with Crippen LogP contribution in [0.25, 0.3) is 0 Å². The number of hydrogen-bond acceptors (Lipinski definition) is 3. The summed E-state index contributed by atoms with van der Waals surface area (Å²) in [6.07, 6.45) is 2.22. The number of benzene rings is 1. The SMILES string of the molecule is CN(CC(=O)NC1CC1)C(=O)Cc1ccc(Br)c(O)c1. The lowest BCUT2D eigenvalue weighted by molar-refractivity contribution is -0.134. The molecule has 1 fully saturated rings. The summed E-state index contributed by atoms with van der Waals surface area (Å²) < 4.78 is 0.589. The van der Waals surface area contributed by atoms with Crippen molar-refractivity contribution in [3.05, 3.63) is 28.2 Å². The van der Waals surface area contributed by atoms with Gasteiger partial charge in [0, 0.05) is 13.1 Å². The molecule has 1 saturated carbocycles. The molecule has 0 atom stereocenters. The van der Waals surface area contributed by atoms with Crippen LogP contribution in [-0.4, -0.2) is 41.5 Å². The van der Waals surface area contributed by atoms with Gasteiger partial charge in [0.25, 0.3) is 0 Å². The predicted octanol–water partition coefficient (Wildman–Crippen LogP) is 1.43. The average molecular weight is 341 g/mol. The number of phenolic OH excluding ortho intramolecular Hbond substituents is 1. The smallest absolute Gasteiger partial charge is 0.239 e. The van der Waals surface area contributed by atoms with Gasteiger partial charge in [-0.2, -0.15) is 0 Å². The number of likely N-dealkylation sites (N-methyl/N-ethyl adjacent to an activating group) is 1. The second-order valence-electron chi connectivity index (χ2n) is 5.05. The molecule has 20 heavy (non-hydrogen) atoms. The van der Waals surface area contributed by atoms with E-state index in [2.05, 4.69) is 21.2 Å². The largest absolute Gasteiger partial charge is 0.507 e. The third-order valence-corrected chi connectivity index (χ3v) is 3.79. The zero-order valence-corrected chi connectivity index (χ0v) is 12.8. The molecule has 0 radical (unpaired) electrons. The number of nitrogens with zero attached hydrogens (tertiary/aromatic N) is 1. The highest BCUT2D eigenvalue weighted by molar-refractivity contribution is 9.10. The minimum atomic E-state index is -0.155. The molecule has 0 bridgehead atoms. The standard InChI is InChI=1S/C14H17BrN2O3/c1-17(8-13(19)16-10-3-4-10)14(20)7-9-2-5-11(15)12(18)6-9/h2,5-6,10,18H,3-4,7-8H2,1H3,(H,16,19). The van der Waals surface area contributed by atoms with Gasteiger partial charge in [0.1, 0.15) is 5.75 Å². The molecule has 0 aromatic heterocycles. The summed E-state index contributed by atoms with van der Waals surface area (Å²) >= 11 is 3.19. The first-order valence-electron chi connectivity index (χ1n) is 6.46. The zero-order chi connectivity index (χ0) is 14.7. The van der Waals surface area contributed by atoms with E-state index in [-0.39, 0.29) is 30.5 Å². The van der Waals surface area contributed by atoms with Crippen LogP contribution in [0.3, 0.4) is 0 Å². The second kappa shape index (κ2) is 6.26. The molecule has 1 aliphatic rings. The number of carbonyl (C=O) groups is 2. The molecule has 0 unspecified atom stereocenters. The van der Waals surface area contributed by atoms with Crippen LogP contribution in [0.1, 0.15) is 18.4 Å². The van der Waals surface area contributed by atoms with E-state index in [4.69, 9.17) is 0 Å². The first kappa shape index (κ1) is 14.8. The molecule has 0 spiro atoms. The topological polar surface area (TPSA) is 69.6 Å². The molecule has 2 N–H and O–H groups in total. The van der Waals surface area contributed by atoms with Gasteiger partial charge in [0.2, 0.25) is 11.8 Å². The van der Waals surface area contributed by atoms with Gasteiger partial charge < -0.3 is 15.3 Å². The van der Waals surface area contributed by atoms with Crippen LogP contribution >= 0.6 is 15.9 Å². The van der Waals surface area contributed by atoms with Crippen molar-refractivity contribution in [3.63, 3.8) is 0 Å². The summed E-state index contributed by atoms with van der Waals surface area (Å²) in [6.45, 7) is 0.0673. The molecule has 6 heteroatoms. The van der Waals surface area contributed by atoms with Gasteiger partial charge in [0.05, 0.1) is 17.4 Å². The summed E-state index contributed by atoms with van der Waals surface area (Å²) in [7, 11) is 1.60. The van der Waals surface area contributed by atoms with E-state index in [1.54, 1.807) is 25.2 Å². The summed E-state index contributed by atoms with van der Waals surface area (Å²) in [5.74, 6) is -0.177. The summed E-state index contributed by atoms with van der Waals surface area (Å²) in [5, 5.41) is 12.4. The van der Waals surface area contributed by atoms with Crippen LogP contribution < -0.4 is 5.32 Å². The lowest BCUT2D eigenvalue weighted by atomic mass is 10.1. The minimum absolute atomic E-state index is 0.0673. The number of amides is 2. The van der Waals surface area contributed by atoms with Crippen molar-refractivity contribution in [2.75, 3.05) is 13.6 Å². The first-order chi connectivity index (χ1) is 9.45. The Labute approximate surface area is 126 Å². The summed E-state index contributed by atoms with van der Waals surface area (Å²) in [4.78, 5) is 25.0. The molecule has 1 aromatic carbocycles. The van der Waals surface area contributed by atoms with Crippen molar-refractivity contribution < 1.29 is 14.7 Å². The molecular weight excluding hydrogens is 324 g/mol. The van der Waals surface area contributed by atoms with Crippen molar-refractivity contribution >= 4 is 27.7 Å². The summed E-state index contributed by atoms with van der Waals surface area (Å²) in [5.41, 5.74) is 0.713. The van der Waals surface area contributed by atoms with E-state index < -0.39 is 0 Å². The van der Waals surface area contributed by atoms with E-state index in [9.17, 15) is 14.7 Å². The number of aromatic hydroxyl groups is 1. The fourth-order valence-electron chi connectivity index (χ4n) is 1.78. The Morgan fingerprint density at radius 1 is 1.45 bits per heavy atom. The van der Waals surface area contributed by atoms with Crippen LogP contribution in [0.5, 0.6) is 5.75 Å². The maximum Gasteiger partial charge on any atom is 0.239 e. The highest BCUT2D eigenvalue weighted by Gasteiger charge is 2.24. The molecule has 1 aromatic rings. The maximum atomic E-state index is 12.0. The third-order valence-electron chi connectivity index (χ3n) is 3.11. The normalized spacial score (nSPS) is 13.9. The van der Waals surface area contributed by atoms with Crippen molar-refractivity contribution in [3.8, 4) is 5.75 Å². The molecule has 2 rings (SSSR count). The number of nitrogens with one attached hydrogen (secondary N) is 1. The van der Waals surface area contributed by atoms with Gasteiger partial charge in [-0.15, -0.1) is 0 Å². The fraction of sp³-hybridized carbons (Fsp3) is 0.429. The van der Waals surface area contributed by atoms with Crippen molar-refractivity contribution in [1.82, 2.24) is 10.2 Å². The van der Waals surface area contributed by atoms with Crippen molar-refractivity contribution in [1.29, 1.82) is 0 Å². The van der Waals surface area contributed by atoms with Crippen molar-refractivity contribution in [2.24, 2.45) is 0 Å². The summed E-state index contributed by atoms with van der Waals surface area (Å²) in [6, 6.07) is 5.30. The Morgan fingerprint density at radius 2 is 2.15 bits per heavy atom. The fourth-order valence-corrected chi connectivity index (χ4v) is 2.03. The van der Waals surface area contributed by atoms with Gasteiger partial charge in [-0.3, -0.25) is 9.59 Å². The van der Waals surface area contributed by atoms with Gasteiger partial charge >= 0.3 is 0 Å². The van der Waals surface area contributed by atoms with E-state index in [0.29, 0.717) is 16.1 Å². The van der Waals surface area contributed by atoms with E-state index >= 15 is 0 Å². The van der Waals surface area contributed by atoms with E-state index in [0.717, 1.165) is 12.8 Å². The predicted molar refractivity (Wildman–Crippen MR) is 78.3 cm³/mol. The quantitative estimate of drug-likeness (QED) is 0.851. The van der Waals surface area contributed by atoms with Crippen molar-refractivity contribution in [2.45, 2.75) is 25.3 Å². The Kier molecular flexibility index (Phi) is 4.65. The Hall–Kier alpha value is -1.56. The number of phenols is 1. The van der Waals surface area contributed by atoms with Gasteiger partial charge in [-0.25, -0.2) is 0 Å². The minimum Gasteiger partial charge on any atom is -0.507 e. The molecular formula is C14H17BrN2O3. The molecule has 108 valence electrons. The molecule has 0 heterocycles. The average Bonchev–Trinajstić information content (AvgIpc) is 3.17. The van der Waals surface area contributed by atoms with Gasteiger partial charge in [-0.1, -0.05) is 6.07 Å². The Bertz CT molecular complexity index is 529. The number of carbonyl (C=O) groups excluding carboxylic acids is 2. The molecule has 2 amide bonds. The van der Waals surface area contributed by atoms with E-state index in [1.807, 2.05) is 0 Å². The molecule has 0 saturated heterocycles. The highest BCUT2D eigenvalue weighted by atomic mass is 79.9. The van der Waals surface area contributed by atoms with Crippen LogP contribution in [0.15, 0.2) is 22.7 Å². The second-order valence-corrected chi connectivity index (χ2v) is 5.91. The number of halogens is 1. The lowest BCUT2D eigenvalue weighted by Gasteiger charge is -2.17. The maximum absolute atomic E-state index is 12.0. The van der Waals surface area contributed by atoms with Crippen LogP contribution in [0, 0.1) is 0 Å². The van der Waals surface area contributed by atoms with Crippen LogP contribution in [0.4, 0.5) is 0 Å². The van der Waals surface area contributed by atoms with Crippen LogP contribution in [0.2, 0.25) is 0 Å². The highest BCUT2D eigenvalue weighted by Crippen LogP contribution is 2.24. The third kappa shape index (κ3) is 4.23. The Morgan fingerprint density at radius 3 is 2.75 bits per heavy atom. The number of rotatable bonds is 5. The Balaban J connectivity index is 1.86. The first-order valence-corrected chi connectivity index (χ1v) is 7.25. The van der Waals surface area contributed by atoms with Gasteiger partial charge in [0.15, 0.2) is 0 Å². The van der Waals surface area contributed by atoms with Gasteiger partial charge in [-0.05, 0) is 46.5 Å². The number of hydrogen-bond donors (Lipinski definition) is 2.